The summed E-state index contributed by atoms with van der Waals surface area (Å²) in [6.45, 7) is 1.67. The molecule has 0 bridgehead atoms. The van der Waals surface area contributed by atoms with Crippen LogP contribution in [-0.4, -0.2) is 23.7 Å². The molecule has 2 aromatic rings. The van der Waals surface area contributed by atoms with Crippen LogP contribution >= 0.6 is 0 Å². The summed E-state index contributed by atoms with van der Waals surface area (Å²) < 4.78 is 18.4. The van der Waals surface area contributed by atoms with Crippen molar-refractivity contribution in [1.82, 2.24) is 10.4 Å². The Morgan fingerprint density at radius 3 is 2.76 bits per heavy atom. The third-order valence-corrected chi connectivity index (χ3v) is 2.82. The molecule has 0 saturated carbocycles. The number of pyridine rings is 1. The van der Waals surface area contributed by atoms with Gasteiger partial charge in [-0.05, 0) is 37.3 Å². The molecule has 0 spiro atoms. The number of hydrazone groups is 1. The third-order valence-electron chi connectivity index (χ3n) is 2.82. The van der Waals surface area contributed by atoms with Crippen LogP contribution in [0.3, 0.4) is 0 Å². The van der Waals surface area contributed by atoms with Crippen molar-refractivity contribution >= 4 is 11.6 Å². The molecule has 5 nitrogen and oxygen atoms in total. The Hall–Kier alpha value is -2.76. The summed E-state index contributed by atoms with van der Waals surface area (Å²) in [6, 6.07) is 7.75. The molecule has 2 rings (SSSR count). The minimum Gasteiger partial charge on any atom is -0.494 e. The molecule has 0 unspecified atom stereocenters. The highest BCUT2D eigenvalue weighted by Crippen LogP contribution is 2.18. The van der Waals surface area contributed by atoms with Crippen molar-refractivity contribution in [1.29, 1.82) is 0 Å². The van der Waals surface area contributed by atoms with Crippen LogP contribution in [0.2, 0.25) is 0 Å². The van der Waals surface area contributed by atoms with Crippen molar-refractivity contribution in [3.63, 3.8) is 0 Å². The molecule has 0 radical (unpaired) electrons. The van der Waals surface area contributed by atoms with E-state index in [1.54, 1.807) is 31.3 Å². The summed E-state index contributed by atoms with van der Waals surface area (Å²) in [7, 11) is 1.40. The van der Waals surface area contributed by atoms with Crippen LogP contribution < -0.4 is 10.2 Å². The van der Waals surface area contributed by atoms with Crippen LogP contribution in [0, 0.1) is 5.82 Å². The maximum absolute atomic E-state index is 13.6. The van der Waals surface area contributed by atoms with Gasteiger partial charge in [-0.2, -0.15) is 5.10 Å². The average Bonchev–Trinajstić information content (AvgIpc) is 2.53. The van der Waals surface area contributed by atoms with E-state index in [0.29, 0.717) is 16.8 Å². The summed E-state index contributed by atoms with van der Waals surface area (Å²) in [4.78, 5) is 15.6. The quantitative estimate of drug-likeness (QED) is 0.693. The number of carbonyl (C=O) groups is 1. The van der Waals surface area contributed by atoms with Crippen molar-refractivity contribution in [2.45, 2.75) is 6.92 Å². The molecular weight excluding hydrogens is 273 g/mol. The van der Waals surface area contributed by atoms with Gasteiger partial charge in [-0.1, -0.05) is 0 Å². The zero-order chi connectivity index (χ0) is 15.2. The Balaban J connectivity index is 2.11. The number of nitrogens with one attached hydrogen (secondary N) is 1. The molecule has 0 saturated heterocycles. The highest BCUT2D eigenvalue weighted by molar-refractivity contribution is 6.00. The Kier molecular flexibility index (Phi) is 4.61. The lowest BCUT2D eigenvalue weighted by atomic mass is 10.1. The van der Waals surface area contributed by atoms with Crippen molar-refractivity contribution < 1.29 is 13.9 Å². The van der Waals surface area contributed by atoms with E-state index in [1.165, 1.54) is 25.4 Å². The van der Waals surface area contributed by atoms with E-state index in [0.717, 1.165) is 0 Å². The van der Waals surface area contributed by atoms with Gasteiger partial charge in [0.1, 0.15) is 0 Å². The molecule has 1 N–H and O–H groups in total. The Bertz CT molecular complexity index is 672. The Labute approximate surface area is 121 Å². The number of ether oxygens (including phenoxy) is 1. The van der Waals surface area contributed by atoms with Crippen molar-refractivity contribution in [3.8, 4) is 5.75 Å². The lowest BCUT2D eigenvalue weighted by molar-refractivity contribution is 0.0954. The van der Waals surface area contributed by atoms with Crippen molar-refractivity contribution in [2.24, 2.45) is 5.10 Å². The fourth-order valence-corrected chi connectivity index (χ4v) is 1.65. The first-order chi connectivity index (χ1) is 10.1. The van der Waals surface area contributed by atoms with Crippen molar-refractivity contribution in [2.75, 3.05) is 7.11 Å². The molecule has 1 heterocycles. The number of amides is 1. The fourth-order valence-electron chi connectivity index (χ4n) is 1.65. The van der Waals surface area contributed by atoms with E-state index in [9.17, 15) is 9.18 Å². The normalized spacial score (nSPS) is 11.1. The first kappa shape index (κ1) is 14.6. The summed E-state index contributed by atoms with van der Waals surface area (Å²) in [6.07, 6.45) is 3.01. The molecule has 6 heteroatoms. The van der Waals surface area contributed by atoms with Crippen LogP contribution in [0.25, 0.3) is 0 Å². The lowest BCUT2D eigenvalue weighted by Crippen LogP contribution is -2.19. The predicted octanol–water partition coefficient (Wildman–Crippen LogP) is 2.38. The number of rotatable bonds is 4. The molecule has 1 amide bonds. The molecule has 0 aliphatic heterocycles. The number of benzene rings is 1. The molecule has 108 valence electrons. The Morgan fingerprint density at radius 1 is 1.33 bits per heavy atom. The molecule has 0 aliphatic carbocycles. The van der Waals surface area contributed by atoms with Gasteiger partial charge in [0, 0.05) is 18.0 Å². The topological polar surface area (TPSA) is 63.6 Å². The summed E-state index contributed by atoms with van der Waals surface area (Å²) in [5.74, 6) is -0.703. The van der Waals surface area contributed by atoms with Crippen LogP contribution in [0.1, 0.15) is 22.8 Å². The highest BCUT2D eigenvalue weighted by Gasteiger charge is 2.07. The predicted molar refractivity (Wildman–Crippen MR) is 76.9 cm³/mol. The van der Waals surface area contributed by atoms with Gasteiger partial charge in [0.2, 0.25) is 0 Å². The highest BCUT2D eigenvalue weighted by atomic mass is 19.1. The summed E-state index contributed by atoms with van der Waals surface area (Å²) >= 11 is 0. The largest absolute Gasteiger partial charge is 0.494 e. The van der Waals surface area contributed by atoms with Crippen LogP contribution in [0.5, 0.6) is 5.75 Å². The van der Waals surface area contributed by atoms with E-state index in [-0.39, 0.29) is 11.7 Å². The second kappa shape index (κ2) is 6.60. The lowest BCUT2D eigenvalue weighted by Gasteiger charge is -2.05. The minimum absolute atomic E-state index is 0.158. The SMILES string of the molecule is COc1ccc(/C(C)=N\NC(=O)c2cccnc2)cc1F. The van der Waals surface area contributed by atoms with E-state index < -0.39 is 5.82 Å². The van der Waals surface area contributed by atoms with E-state index in [4.69, 9.17) is 4.74 Å². The van der Waals surface area contributed by atoms with Gasteiger partial charge in [-0.3, -0.25) is 9.78 Å². The number of halogens is 1. The number of nitrogens with zero attached hydrogens (tertiary/aromatic N) is 2. The maximum Gasteiger partial charge on any atom is 0.272 e. The van der Waals surface area contributed by atoms with Gasteiger partial charge in [-0.25, -0.2) is 9.82 Å². The molecular formula is C15H14FN3O2. The number of hydrogen-bond donors (Lipinski definition) is 1. The van der Waals surface area contributed by atoms with Gasteiger partial charge >= 0.3 is 0 Å². The number of hydrogen-bond acceptors (Lipinski definition) is 4. The summed E-state index contributed by atoms with van der Waals surface area (Å²) in [5, 5.41) is 3.95. The van der Waals surface area contributed by atoms with E-state index >= 15 is 0 Å². The van der Waals surface area contributed by atoms with E-state index in [2.05, 4.69) is 15.5 Å². The van der Waals surface area contributed by atoms with Gasteiger partial charge in [0.05, 0.1) is 18.4 Å². The van der Waals surface area contributed by atoms with Gasteiger partial charge < -0.3 is 4.74 Å². The minimum atomic E-state index is -0.483. The van der Waals surface area contributed by atoms with Gasteiger partial charge in [0.25, 0.3) is 5.91 Å². The Morgan fingerprint density at radius 2 is 2.14 bits per heavy atom. The second-order valence-corrected chi connectivity index (χ2v) is 4.23. The average molecular weight is 287 g/mol. The molecule has 21 heavy (non-hydrogen) atoms. The zero-order valence-corrected chi connectivity index (χ0v) is 11.6. The zero-order valence-electron chi connectivity index (χ0n) is 11.6. The first-order valence-electron chi connectivity index (χ1n) is 6.20. The second-order valence-electron chi connectivity index (χ2n) is 4.23. The monoisotopic (exact) mass is 287 g/mol. The molecule has 1 aromatic carbocycles. The molecule has 0 atom stereocenters. The number of carbonyl (C=O) groups excluding carboxylic acids is 1. The smallest absolute Gasteiger partial charge is 0.272 e. The van der Waals surface area contributed by atoms with Crippen LogP contribution in [0.4, 0.5) is 4.39 Å². The molecule has 1 aromatic heterocycles. The first-order valence-corrected chi connectivity index (χ1v) is 6.20. The van der Waals surface area contributed by atoms with Crippen LogP contribution in [0.15, 0.2) is 47.8 Å². The van der Waals surface area contributed by atoms with Gasteiger partial charge in [0.15, 0.2) is 11.6 Å². The number of methoxy groups -OCH3 is 1. The summed E-state index contributed by atoms with van der Waals surface area (Å²) in [5.41, 5.74) is 3.83. The molecule has 0 fully saturated rings. The third kappa shape index (κ3) is 3.62. The standard InChI is InChI=1S/C15H14FN3O2/c1-10(11-5-6-14(21-2)13(16)8-11)18-19-15(20)12-4-3-7-17-9-12/h3-9H,1-2H3,(H,19,20)/b18-10-. The van der Waals surface area contributed by atoms with Crippen molar-refractivity contribution in [3.05, 3.63) is 59.7 Å². The number of aromatic nitrogens is 1. The fraction of sp³-hybridized carbons (Fsp3) is 0.133. The maximum atomic E-state index is 13.6. The van der Waals surface area contributed by atoms with Crippen LogP contribution in [-0.2, 0) is 0 Å². The molecule has 0 aliphatic rings. The van der Waals surface area contributed by atoms with E-state index in [1.807, 2.05) is 0 Å². The van der Waals surface area contributed by atoms with Gasteiger partial charge in [-0.15, -0.1) is 0 Å².